The molecule has 6 heteroatoms. The fourth-order valence-corrected chi connectivity index (χ4v) is 3.58. The molecule has 1 N–H and O–H groups in total. The first-order valence-corrected chi connectivity index (χ1v) is 9.21. The van der Waals surface area contributed by atoms with E-state index in [1.54, 1.807) is 6.07 Å². The molecule has 1 aliphatic rings. The number of aromatic nitrogens is 2. The second kappa shape index (κ2) is 6.96. The van der Waals surface area contributed by atoms with Gasteiger partial charge in [0.15, 0.2) is 0 Å². The maximum absolute atomic E-state index is 13.0. The number of allylic oxidation sites excluding steroid dienone is 1. The number of carboxylic acid groups (broad SMARTS) is 1. The second-order valence-corrected chi connectivity index (χ2v) is 7.20. The average molecular weight is 375 g/mol. The van der Waals surface area contributed by atoms with Gasteiger partial charge in [-0.25, -0.2) is 9.78 Å². The number of nitrogens with zero attached hydrogens (tertiary/aromatic N) is 3. The van der Waals surface area contributed by atoms with Gasteiger partial charge in [-0.15, -0.1) is 0 Å². The fraction of sp³-hybridized carbons (Fsp3) is 0.227. The first kappa shape index (κ1) is 18.0. The number of hydrogen-bond donors (Lipinski definition) is 1. The quantitative estimate of drug-likeness (QED) is 0.760. The van der Waals surface area contributed by atoms with Crippen LogP contribution in [0, 0.1) is 0 Å². The lowest BCUT2D eigenvalue weighted by Gasteiger charge is -2.19. The number of rotatable bonds is 3. The standard InChI is InChI=1S/C22H21N3O3/c1-24(2)17-9-6-14(7-10-17)12-15-4-3-5-18-20(15)23-19-11-8-16(22(27)28)13-25(19)21(18)26/h6-13H,3-5H2,1-2H3,(H,27,28)/b15-12-. The Morgan fingerprint density at radius 2 is 1.89 bits per heavy atom. The van der Waals surface area contributed by atoms with E-state index in [1.165, 1.54) is 16.7 Å². The number of carbonyl (C=O) groups is 1. The van der Waals surface area contributed by atoms with E-state index in [9.17, 15) is 14.7 Å². The van der Waals surface area contributed by atoms with Crippen molar-refractivity contribution >= 4 is 29.0 Å². The summed E-state index contributed by atoms with van der Waals surface area (Å²) in [6.07, 6.45) is 5.82. The largest absolute Gasteiger partial charge is 0.478 e. The van der Waals surface area contributed by atoms with E-state index in [0.29, 0.717) is 17.6 Å². The number of aromatic carboxylic acids is 1. The van der Waals surface area contributed by atoms with E-state index in [0.717, 1.165) is 35.4 Å². The van der Waals surface area contributed by atoms with E-state index in [4.69, 9.17) is 4.98 Å². The van der Waals surface area contributed by atoms with Crippen molar-refractivity contribution in [1.82, 2.24) is 9.38 Å². The zero-order valence-electron chi connectivity index (χ0n) is 15.8. The molecule has 1 aromatic carbocycles. The monoisotopic (exact) mass is 375 g/mol. The highest BCUT2D eigenvalue weighted by atomic mass is 16.4. The summed E-state index contributed by atoms with van der Waals surface area (Å²) in [5.41, 5.74) is 4.98. The first-order chi connectivity index (χ1) is 13.4. The molecule has 1 aliphatic carbocycles. The molecule has 3 aromatic rings. The molecular weight excluding hydrogens is 354 g/mol. The van der Waals surface area contributed by atoms with Crippen LogP contribution in [0.5, 0.6) is 0 Å². The molecule has 0 amide bonds. The molecule has 0 unspecified atom stereocenters. The minimum atomic E-state index is -1.06. The Kier molecular flexibility index (Phi) is 4.47. The molecule has 28 heavy (non-hydrogen) atoms. The van der Waals surface area contributed by atoms with E-state index in [-0.39, 0.29) is 11.1 Å². The zero-order chi connectivity index (χ0) is 19.8. The summed E-state index contributed by atoms with van der Waals surface area (Å²) < 4.78 is 1.34. The van der Waals surface area contributed by atoms with Gasteiger partial charge in [0, 0.05) is 31.5 Å². The first-order valence-electron chi connectivity index (χ1n) is 9.21. The Morgan fingerprint density at radius 3 is 2.57 bits per heavy atom. The normalized spacial score (nSPS) is 14.9. The van der Waals surface area contributed by atoms with Gasteiger partial charge in [-0.3, -0.25) is 9.20 Å². The minimum Gasteiger partial charge on any atom is -0.478 e. The lowest BCUT2D eigenvalue weighted by Crippen LogP contribution is -2.25. The van der Waals surface area contributed by atoms with Crippen LogP contribution in [0.3, 0.4) is 0 Å². The second-order valence-electron chi connectivity index (χ2n) is 7.20. The minimum absolute atomic E-state index is 0.0731. The van der Waals surface area contributed by atoms with Crippen molar-refractivity contribution in [2.45, 2.75) is 19.3 Å². The van der Waals surface area contributed by atoms with Crippen LogP contribution in [-0.4, -0.2) is 34.6 Å². The van der Waals surface area contributed by atoms with Crippen LogP contribution in [-0.2, 0) is 6.42 Å². The molecular formula is C22H21N3O3. The molecule has 2 heterocycles. The Hall–Kier alpha value is -3.41. The molecule has 0 saturated carbocycles. The average Bonchev–Trinajstić information content (AvgIpc) is 2.69. The van der Waals surface area contributed by atoms with Crippen LogP contribution in [0.2, 0.25) is 0 Å². The van der Waals surface area contributed by atoms with Gasteiger partial charge < -0.3 is 10.0 Å². The van der Waals surface area contributed by atoms with Crippen molar-refractivity contribution < 1.29 is 9.90 Å². The molecule has 0 saturated heterocycles. The highest BCUT2D eigenvalue weighted by molar-refractivity contribution is 5.88. The molecule has 0 fully saturated rings. The Balaban J connectivity index is 1.82. The molecule has 0 radical (unpaired) electrons. The van der Waals surface area contributed by atoms with Crippen molar-refractivity contribution in [3.63, 3.8) is 0 Å². The number of benzene rings is 1. The summed E-state index contributed by atoms with van der Waals surface area (Å²) in [4.78, 5) is 30.9. The summed E-state index contributed by atoms with van der Waals surface area (Å²) in [5.74, 6) is -1.06. The molecule has 0 aliphatic heterocycles. The number of anilines is 1. The van der Waals surface area contributed by atoms with Gasteiger partial charge in [-0.2, -0.15) is 0 Å². The predicted octanol–water partition coefficient (Wildman–Crippen LogP) is 3.34. The summed E-state index contributed by atoms with van der Waals surface area (Å²) >= 11 is 0. The van der Waals surface area contributed by atoms with Crippen molar-refractivity contribution in [3.05, 3.63) is 75.3 Å². The summed E-state index contributed by atoms with van der Waals surface area (Å²) in [6.45, 7) is 0. The molecule has 2 aromatic heterocycles. The molecule has 4 rings (SSSR count). The van der Waals surface area contributed by atoms with Gasteiger partial charge in [-0.05, 0) is 60.7 Å². The summed E-state index contributed by atoms with van der Waals surface area (Å²) in [5, 5.41) is 9.19. The van der Waals surface area contributed by atoms with Crippen molar-refractivity contribution in [2.75, 3.05) is 19.0 Å². The Labute approximate surface area is 162 Å². The molecule has 142 valence electrons. The molecule has 6 nitrogen and oxygen atoms in total. The fourth-order valence-electron chi connectivity index (χ4n) is 3.58. The predicted molar refractivity (Wildman–Crippen MR) is 110 cm³/mol. The highest BCUT2D eigenvalue weighted by Crippen LogP contribution is 2.30. The zero-order valence-corrected chi connectivity index (χ0v) is 15.8. The third-order valence-electron chi connectivity index (χ3n) is 5.09. The van der Waals surface area contributed by atoms with Crippen molar-refractivity contribution in [3.8, 4) is 0 Å². The van der Waals surface area contributed by atoms with Crippen LogP contribution in [0.1, 0.15) is 40.0 Å². The van der Waals surface area contributed by atoms with Crippen LogP contribution in [0.25, 0.3) is 17.3 Å². The Morgan fingerprint density at radius 1 is 1.14 bits per heavy atom. The number of carboxylic acids is 1. The van der Waals surface area contributed by atoms with Gasteiger partial charge in [0.05, 0.1) is 11.3 Å². The summed E-state index contributed by atoms with van der Waals surface area (Å²) in [7, 11) is 4.01. The number of pyridine rings is 1. The summed E-state index contributed by atoms with van der Waals surface area (Å²) in [6, 6.07) is 11.3. The number of fused-ring (bicyclic) bond motifs is 2. The van der Waals surface area contributed by atoms with Gasteiger partial charge in [0.2, 0.25) is 0 Å². The number of hydrogen-bond acceptors (Lipinski definition) is 4. The Bertz CT molecular complexity index is 1160. The smallest absolute Gasteiger partial charge is 0.337 e. The van der Waals surface area contributed by atoms with E-state index in [1.807, 2.05) is 19.0 Å². The lowest BCUT2D eigenvalue weighted by atomic mass is 9.90. The van der Waals surface area contributed by atoms with Crippen molar-refractivity contribution in [1.29, 1.82) is 0 Å². The molecule has 0 spiro atoms. The maximum Gasteiger partial charge on any atom is 0.337 e. The van der Waals surface area contributed by atoms with E-state index in [2.05, 4.69) is 30.3 Å². The SMILES string of the molecule is CN(C)c1ccc(/C=C2/CCCc3c2nc2ccc(C(=O)O)cn2c3=O)cc1. The third kappa shape index (κ3) is 3.17. The van der Waals surface area contributed by atoms with E-state index < -0.39 is 5.97 Å². The topological polar surface area (TPSA) is 74.9 Å². The third-order valence-corrected chi connectivity index (χ3v) is 5.09. The van der Waals surface area contributed by atoms with Gasteiger partial charge in [0.1, 0.15) is 5.65 Å². The van der Waals surface area contributed by atoms with Crippen molar-refractivity contribution in [2.24, 2.45) is 0 Å². The van der Waals surface area contributed by atoms with E-state index >= 15 is 0 Å². The van der Waals surface area contributed by atoms with Crippen LogP contribution >= 0.6 is 0 Å². The van der Waals surface area contributed by atoms with Crippen LogP contribution < -0.4 is 10.5 Å². The lowest BCUT2D eigenvalue weighted by molar-refractivity contribution is 0.0696. The maximum atomic E-state index is 13.0. The van der Waals surface area contributed by atoms with Crippen LogP contribution in [0.4, 0.5) is 5.69 Å². The molecule has 0 bridgehead atoms. The van der Waals surface area contributed by atoms with Crippen LogP contribution in [0.15, 0.2) is 47.4 Å². The molecule has 0 atom stereocenters. The van der Waals surface area contributed by atoms with Gasteiger partial charge >= 0.3 is 5.97 Å². The van der Waals surface area contributed by atoms with Gasteiger partial charge in [0.25, 0.3) is 5.56 Å². The van der Waals surface area contributed by atoms with Gasteiger partial charge in [-0.1, -0.05) is 12.1 Å². The highest BCUT2D eigenvalue weighted by Gasteiger charge is 2.21.